The molecular weight excluding hydrogens is 296 g/mol. The smallest absolute Gasteiger partial charge is 0.232 e. The van der Waals surface area contributed by atoms with Gasteiger partial charge in [0.05, 0.1) is 0 Å². The number of nitrogens with one attached hydrogen (secondary N) is 1. The van der Waals surface area contributed by atoms with Crippen LogP contribution in [-0.4, -0.2) is 41.6 Å². The molecule has 0 amide bonds. The molecule has 6 nitrogen and oxygen atoms in total. The van der Waals surface area contributed by atoms with Gasteiger partial charge < -0.3 is 0 Å². The van der Waals surface area contributed by atoms with Crippen LogP contribution in [0.3, 0.4) is 0 Å². The minimum Gasteiger partial charge on any atom is -0.299 e. The molecule has 0 radical (unpaired) electrons. The lowest BCUT2D eigenvalue weighted by molar-refractivity contribution is -0.487. The second kappa shape index (κ2) is 6.24. The highest BCUT2D eigenvalue weighted by atomic mass is 79.9. The third kappa shape index (κ3) is 4.12. The van der Waals surface area contributed by atoms with Crippen LogP contribution in [0, 0.1) is 10.1 Å². The van der Waals surface area contributed by atoms with Crippen LogP contribution in [-0.2, 0) is 6.54 Å². The van der Waals surface area contributed by atoms with Crippen LogP contribution in [0.2, 0.25) is 0 Å². The van der Waals surface area contributed by atoms with Crippen LogP contribution >= 0.6 is 27.3 Å². The van der Waals surface area contributed by atoms with E-state index in [1.165, 1.54) is 11.3 Å². The largest absolute Gasteiger partial charge is 0.299 e. The summed E-state index contributed by atoms with van der Waals surface area (Å²) in [5.41, 5.74) is 0. The van der Waals surface area contributed by atoms with Crippen LogP contribution in [0.15, 0.2) is 10.1 Å². The van der Waals surface area contributed by atoms with Gasteiger partial charge in [0.2, 0.25) is 6.54 Å². The lowest BCUT2D eigenvalue weighted by atomic mass is 10.4. The van der Waals surface area contributed by atoms with E-state index in [9.17, 15) is 10.1 Å². The van der Waals surface area contributed by atoms with Crippen molar-refractivity contribution in [1.82, 2.24) is 15.2 Å². The van der Waals surface area contributed by atoms with Gasteiger partial charge in [-0.15, -0.1) is 11.3 Å². The highest BCUT2D eigenvalue weighted by Crippen LogP contribution is 2.19. The zero-order valence-electron chi connectivity index (χ0n) is 9.01. The summed E-state index contributed by atoms with van der Waals surface area (Å²) in [6, 6.07) is 0. The number of halogens is 1. The van der Waals surface area contributed by atoms with Gasteiger partial charge in [-0.25, -0.2) is 4.98 Å². The van der Waals surface area contributed by atoms with Crippen molar-refractivity contribution >= 4 is 27.3 Å². The van der Waals surface area contributed by atoms with Gasteiger partial charge in [-0.3, -0.25) is 20.3 Å². The quantitative estimate of drug-likeness (QED) is 0.485. The van der Waals surface area contributed by atoms with Crippen LogP contribution in [0.1, 0.15) is 4.88 Å². The van der Waals surface area contributed by atoms with Crippen molar-refractivity contribution in [3.05, 3.63) is 25.1 Å². The second-order valence-electron chi connectivity index (χ2n) is 3.31. The fraction of sp³-hybridized carbons (Fsp3) is 0.625. The number of rotatable bonds is 6. The van der Waals surface area contributed by atoms with Gasteiger partial charge >= 0.3 is 0 Å². The van der Waals surface area contributed by atoms with Crippen molar-refractivity contribution in [3.63, 3.8) is 0 Å². The van der Waals surface area contributed by atoms with E-state index < -0.39 is 0 Å². The van der Waals surface area contributed by atoms with Crippen LogP contribution in [0.4, 0.5) is 0 Å². The monoisotopic (exact) mass is 308 g/mol. The summed E-state index contributed by atoms with van der Waals surface area (Å²) in [6.07, 6.45) is 1.50. The summed E-state index contributed by atoms with van der Waals surface area (Å²) in [5, 5.41) is 13.4. The minimum atomic E-state index is -0.319. The van der Waals surface area contributed by atoms with Crippen LogP contribution in [0.25, 0.3) is 0 Å². The molecular formula is C8H13BrN4O2S. The molecule has 0 fully saturated rings. The number of nitro groups is 1. The minimum absolute atomic E-state index is 0.118. The van der Waals surface area contributed by atoms with E-state index >= 15 is 0 Å². The fourth-order valence-electron chi connectivity index (χ4n) is 1.30. The molecule has 1 aromatic rings. The van der Waals surface area contributed by atoms with Crippen molar-refractivity contribution in [2.24, 2.45) is 0 Å². The molecule has 0 aliphatic heterocycles. The van der Waals surface area contributed by atoms with E-state index in [4.69, 9.17) is 0 Å². The predicted octanol–water partition coefficient (Wildman–Crippen LogP) is 1.16. The number of nitrogens with zero attached hydrogens (tertiary/aromatic N) is 3. The molecule has 0 saturated carbocycles. The van der Waals surface area contributed by atoms with E-state index in [-0.39, 0.29) is 17.6 Å². The molecule has 1 aromatic heterocycles. The molecule has 1 rings (SSSR count). The molecule has 0 bridgehead atoms. The molecule has 16 heavy (non-hydrogen) atoms. The molecule has 90 valence electrons. The van der Waals surface area contributed by atoms with E-state index in [2.05, 4.69) is 26.2 Å². The van der Waals surface area contributed by atoms with Crippen molar-refractivity contribution in [2.45, 2.75) is 12.7 Å². The SMILES string of the molecule is CNC(C[N+](=O)[O-])N(C)Cc1cnc(Br)s1. The Bertz CT molecular complexity index is 360. The topological polar surface area (TPSA) is 71.3 Å². The average molecular weight is 309 g/mol. The molecule has 8 heteroatoms. The lowest BCUT2D eigenvalue weighted by Crippen LogP contribution is -2.45. The molecule has 0 aliphatic carbocycles. The molecule has 1 heterocycles. The Morgan fingerprint density at radius 1 is 1.81 bits per heavy atom. The standard InChI is InChI=1S/C8H13BrN4O2S/c1-10-7(5-13(14)15)12(2)4-6-3-11-8(9)16-6/h3,7,10H,4-5H2,1-2H3. The number of likely N-dealkylation sites (N-methyl/N-ethyl adjacent to an activating group) is 2. The van der Waals surface area contributed by atoms with Crippen LogP contribution in [0.5, 0.6) is 0 Å². The normalized spacial score (nSPS) is 13.0. The van der Waals surface area contributed by atoms with E-state index in [0.29, 0.717) is 6.54 Å². The summed E-state index contributed by atoms with van der Waals surface area (Å²) < 4.78 is 0.825. The molecule has 1 N–H and O–H groups in total. The van der Waals surface area contributed by atoms with Gasteiger partial charge in [0.15, 0.2) is 3.92 Å². The molecule has 0 saturated heterocycles. The first-order valence-corrected chi connectivity index (χ1v) is 6.23. The zero-order chi connectivity index (χ0) is 12.1. The number of hydrogen-bond acceptors (Lipinski definition) is 6. The number of hydrogen-bond donors (Lipinski definition) is 1. The second-order valence-corrected chi connectivity index (χ2v) is 5.71. The summed E-state index contributed by atoms with van der Waals surface area (Å²) >= 11 is 4.81. The highest BCUT2D eigenvalue weighted by molar-refractivity contribution is 9.11. The fourth-order valence-corrected chi connectivity index (χ4v) is 2.73. The Morgan fingerprint density at radius 3 is 2.94 bits per heavy atom. The van der Waals surface area contributed by atoms with Crippen molar-refractivity contribution < 1.29 is 4.92 Å². The Labute approximate surface area is 106 Å². The third-order valence-electron chi connectivity index (χ3n) is 2.12. The number of aromatic nitrogens is 1. The maximum absolute atomic E-state index is 10.5. The highest BCUT2D eigenvalue weighted by Gasteiger charge is 2.19. The average Bonchev–Trinajstić information content (AvgIpc) is 2.60. The first-order valence-electron chi connectivity index (χ1n) is 4.62. The first kappa shape index (κ1) is 13.5. The van der Waals surface area contributed by atoms with Crippen molar-refractivity contribution in [1.29, 1.82) is 0 Å². The maximum atomic E-state index is 10.5. The Kier molecular flexibility index (Phi) is 5.26. The van der Waals surface area contributed by atoms with Gasteiger partial charge in [0.1, 0.15) is 6.17 Å². The maximum Gasteiger partial charge on any atom is 0.232 e. The molecule has 0 spiro atoms. The Morgan fingerprint density at radius 2 is 2.50 bits per heavy atom. The van der Waals surface area contributed by atoms with Gasteiger partial charge in [0.25, 0.3) is 0 Å². The first-order chi connectivity index (χ1) is 7.52. The van der Waals surface area contributed by atoms with Gasteiger partial charge in [0, 0.05) is 22.5 Å². The van der Waals surface area contributed by atoms with Gasteiger partial charge in [-0.05, 0) is 30.0 Å². The molecule has 1 atom stereocenters. The van der Waals surface area contributed by atoms with Crippen molar-refractivity contribution in [3.8, 4) is 0 Å². The lowest BCUT2D eigenvalue weighted by Gasteiger charge is -2.23. The van der Waals surface area contributed by atoms with Gasteiger partial charge in [-0.2, -0.15) is 0 Å². The molecule has 0 aliphatic rings. The van der Waals surface area contributed by atoms with E-state index in [0.717, 1.165) is 8.79 Å². The summed E-state index contributed by atoms with van der Waals surface area (Å²) in [5.74, 6) is 0. The summed E-state index contributed by atoms with van der Waals surface area (Å²) in [6.45, 7) is 0.523. The number of thiazole rings is 1. The van der Waals surface area contributed by atoms with Crippen LogP contribution < -0.4 is 5.32 Å². The van der Waals surface area contributed by atoms with E-state index in [1.54, 1.807) is 13.2 Å². The molecule has 0 aromatic carbocycles. The Hall–Kier alpha value is -0.570. The predicted molar refractivity (Wildman–Crippen MR) is 66.0 cm³/mol. The molecule has 1 unspecified atom stereocenters. The van der Waals surface area contributed by atoms with Gasteiger partial charge in [-0.1, -0.05) is 0 Å². The van der Waals surface area contributed by atoms with Crippen molar-refractivity contribution in [2.75, 3.05) is 20.6 Å². The zero-order valence-corrected chi connectivity index (χ0v) is 11.4. The Balaban J connectivity index is 2.55. The third-order valence-corrected chi connectivity index (χ3v) is 3.58. The summed E-state index contributed by atoms with van der Waals surface area (Å²) in [4.78, 5) is 17.2. The van der Waals surface area contributed by atoms with E-state index in [1.807, 2.05) is 11.9 Å². The summed E-state index contributed by atoms with van der Waals surface area (Å²) in [7, 11) is 3.56.